The van der Waals surface area contributed by atoms with E-state index in [9.17, 15) is 28.4 Å². The number of anilines is 1. The highest BCUT2D eigenvalue weighted by Crippen LogP contribution is 2.30. The Morgan fingerprint density at radius 2 is 1.89 bits per heavy atom. The molecule has 0 spiro atoms. The standard InChI is InChI=1S/C16H17F3N4O4/c1-2-27-15(24)13-14(16(17,18)19)23(26)11-4-3-10(9-12(11)22(13)25)21-7-5-20-6-8-21/h3-4,9,20H,2,5-8H2,1H3. The first-order valence-corrected chi connectivity index (χ1v) is 8.28. The maximum absolute atomic E-state index is 13.4. The zero-order valence-corrected chi connectivity index (χ0v) is 14.4. The summed E-state index contributed by atoms with van der Waals surface area (Å²) in [7, 11) is 0. The molecule has 0 aliphatic carbocycles. The van der Waals surface area contributed by atoms with E-state index >= 15 is 0 Å². The molecule has 0 amide bonds. The largest absolute Gasteiger partial charge is 0.618 e. The number of piperazine rings is 1. The number of rotatable bonds is 3. The first-order chi connectivity index (χ1) is 12.8. The number of nitrogens with zero attached hydrogens (tertiary/aromatic N) is 3. The van der Waals surface area contributed by atoms with Crippen molar-refractivity contribution in [2.75, 3.05) is 37.7 Å². The summed E-state index contributed by atoms with van der Waals surface area (Å²) in [6.45, 7) is 3.82. The van der Waals surface area contributed by atoms with Gasteiger partial charge in [-0.15, -0.1) is 9.46 Å². The number of halogens is 3. The number of ether oxygens (including phenoxy) is 1. The Hall–Kier alpha value is -2.82. The van der Waals surface area contributed by atoms with E-state index in [1.165, 1.54) is 19.1 Å². The molecule has 3 rings (SSSR count). The van der Waals surface area contributed by atoms with Crippen molar-refractivity contribution in [2.45, 2.75) is 13.1 Å². The number of benzene rings is 1. The molecule has 1 saturated heterocycles. The normalized spacial score (nSPS) is 15.2. The lowest BCUT2D eigenvalue weighted by molar-refractivity contribution is -0.647. The average Bonchev–Trinajstić information content (AvgIpc) is 2.64. The summed E-state index contributed by atoms with van der Waals surface area (Å²) >= 11 is 0. The minimum absolute atomic E-state index is 0.170. The van der Waals surface area contributed by atoms with Gasteiger partial charge in [0.05, 0.1) is 6.61 Å². The summed E-state index contributed by atoms with van der Waals surface area (Å²) in [6.07, 6.45) is -5.21. The van der Waals surface area contributed by atoms with Crippen LogP contribution in [0.3, 0.4) is 0 Å². The molecule has 0 atom stereocenters. The number of carbonyl (C=O) groups is 1. The van der Waals surface area contributed by atoms with Crippen molar-refractivity contribution in [1.29, 1.82) is 0 Å². The van der Waals surface area contributed by atoms with Crippen molar-refractivity contribution >= 4 is 22.7 Å². The second kappa shape index (κ2) is 7.06. The van der Waals surface area contributed by atoms with Crippen LogP contribution in [0.25, 0.3) is 11.0 Å². The number of fused-ring (bicyclic) bond motifs is 1. The van der Waals surface area contributed by atoms with Crippen LogP contribution >= 0.6 is 0 Å². The van der Waals surface area contributed by atoms with E-state index < -0.39 is 33.8 Å². The van der Waals surface area contributed by atoms with Gasteiger partial charge in [0.2, 0.25) is 0 Å². The number of alkyl halides is 3. The molecule has 8 nitrogen and oxygen atoms in total. The summed E-state index contributed by atoms with van der Waals surface area (Å²) in [6, 6.07) is 3.94. The monoisotopic (exact) mass is 386 g/mol. The van der Waals surface area contributed by atoms with Gasteiger partial charge < -0.3 is 25.4 Å². The van der Waals surface area contributed by atoms with Gasteiger partial charge in [0, 0.05) is 44.0 Å². The molecule has 1 fully saturated rings. The first-order valence-electron chi connectivity index (χ1n) is 8.28. The number of hydrogen-bond donors (Lipinski definition) is 1. The lowest BCUT2D eigenvalue weighted by Crippen LogP contribution is -2.50. The van der Waals surface area contributed by atoms with Gasteiger partial charge in [0.25, 0.3) is 11.0 Å². The molecule has 27 heavy (non-hydrogen) atoms. The molecule has 1 aromatic carbocycles. The van der Waals surface area contributed by atoms with Crippen LogP contribution in [0.4, 0.5) is 18.9 Å². The van der Waals surface area contributed by atoms with Crippen LogP contribution in [0, 0.1) is 10.4 Å². The molecule has 1 aliphatic heterocycles. The second-order valence-electron chi connectivity index (χ2n) is 5.91. The minimum Gasteiger partial charge on any atom is -0.618 e. The van der Waals surface area contributed by atoms with Crippen molar-refractivity contribution in [2.24, 2.45) is 0 Å². The molecule has 0 bridgehead atoms. The Kier molecular flexibility index (Phi) is 4.96. The molecule has 1 aromatic heterocycles. The molecule has 0 unspecified atom stereocenters. The van der Waals surface area contributed by atoms with Gasteiger partial charge >= 0.3 is 23.5 Å². The second-order valence-corrected chi connectivity index (χ2v) is 5.91. The van der Waals surface area contributed by atoms with Crippen molar-refractivity contribution in [3.05, 3.63) is 40.0 Å². The topological polar surface area (TPSA) is 95.4 Å². The molecule has 0 saturated carbocycles. The maximum atomic E-state index is 13.4. The summed E-state index contributed by atoms with van der Waals surface area (Å²) in [5.74, 6) is -1.50. The van der Waals surface area contributed by atoms with Gasteiger partial charge in [-0.3, -0.25) is 0 Å². The summed E-state index contributed by atoms with van der Waals surface area (Å²) in [4.78, 5) is 13.9. The number of carbonyl (C=O) groups excluding carboxylic acids is 1. The number of esters is 1. The summed E-state index contributed by atoms with van der Waals surface area (Å²) in [5, 5.41) is 28.1. The molecular weight excluding hydrogens is 369 g/mol. The first kappa shape index (κ1) is 19.0. The SMILES string of the molecule is CCOC(=O)c1c(C(F)(F)F)[n+]([O-])c2ccc(N3CCNCC3)cc2[n+]1[O-]. The van der Waals surface area contributed by atoms with Gasteiger partial charge in [0.15, 0.2) is 0 Å². The van der Waals surface area contributed by atoms with Crippen molar-refractivity contribution < 1.29 is 32.2 Å². The highest BCUT2D eigenvalue weighted by Gasteiger charge is 2.52. The molecule has 2 heterocycles. The highest BCUT2D eigenvalue weighted by molar-refractivity contribution is 5.88. The Balaban J connectivity index is 2.26. The lowest BCUT2D eigenvalue weighted by atomic mass is 10.2. The van der Waals surface area contributed by atoms with Crippen LogP contribution in [0.2, 0.25) is 0 Å². The molecule has 146 valence electrons. The average molecular weight is 386 g/mol. The van der Waals surface area contributed by atoms with E-state index in [1.54, 1.807) is 0 Å². The quantitative estimate of drug-likeness (QED) is 0.474. The van der Waals surface area contributed by atoms with Crippen LogP contribution in [0.1, 0.15) is 23.1 Å². The van der Waals surface area contributed by atoms with E-state index in [0.29, 0.717) is 31.9 Å². The Morgan fingerprint density at radius 1 is 1.22 bits per heavy atom. The summed E-state index contributed by atoms with van der Waals surface area (Å²) in [5.41, 5.74) is -3.51. The third-order valence-corrected chi connectivity index (χ3v) is 4.25. The van der Waals surface area contributed by atoms with Gasteiger partial charge in [-0.25, -0.2) is 4.79 Å². The molecule has 1 N–H and O–H groups in total. The third-order valence-electron chi connectivity index (χ3n) is 4.25. The fourth-order valence-electron chi connectivity index (χ4n) is 3.03. The van der Waals surface area contributed by atoms with E-state index in [4.69, 9.17) is 0 Å². The molecule has 0 radical (unpaired) electrons. The fourth-order valence-corrected chi connectivity index (χ4v) is 3.03. The van der Waals surface area contributed by atoms with E-state index in [1.807, 2.05) is 4.90 Å². The number of aromatic nitrogens is 2. The number of hydrogen-bond acceptors (Lipinski definition) is 6. The maximum Gasteiger partial charge on any atom is 0.486 e. The molecule has 11 heteroatoms. The van der Waals surface area contributed by atoms with Gasteiger partial charge in [-0.05, 0) is 13.0 Å². The summed E-state index contributed by atoms with van der Waals surface area (Å²) < 4.78 is 44.1. The fraction of sp³-hybridized carbons (Fsp3) is 0.438. The number of nitrogens with one attached hydrogen (secondary N) is 1. The zero-order chi connectivity index (χ0) is 19.8. The van der Waals surface area contributed by atoms with Crippen molar-refractivity contribution in [1.82, 2.24) is 5.32 Å². The van der Waals surface area contributed by atoms with Crippen molar-refractivity contribution in [3.63, 3.8) is 0 Å². The van der Waals surface area contributed by atoms with Crippen LogP contribution in [0.15, 0.2) is 18.2 Å². The Labute approximate surface area is 151 Å². The predicted molar refractivity (Wildman–Crippen MR) is 87.9 cm³/mol. The van der Waals surface area contributed by atoms with Crippen LogP contribution in [0.5, 0.6) is 0 Å². The smallest absolute Gasteiger partial charge is 0.486 e. The van der Waals surface area contributed by atoms with Gasteiger partial charge in [-0.1, -0.05) is 0 Å². The highest BCUT2D eigenvalue weighted by atomic mass is 19.4. The zero-order valence-electron chi connectivity index (χ0n) is 14.4. The third kappa shape index (κ3) is 3.42. The van der Waals surface area contributed by atoms with Crippen LogP contribution in [-0.2, 0) is 10.9 Å². The molecule has 2 aromatic rings. The Bertz CT molecular complexity index is 882. The lowest BCUT2D eigenvalue weighted by Gasteiger charge is -2.29. The van der Waals surface area contributed by atoms with E-state index in [2.05, 4.69) is 10.1 Å². The van der Waals surface area contributed by atoms with Crippen LogP contribution < -0.4 is 19.7 Å². The van der Waals surface area contributed by atoms with Crippen LogP contribution in [-0.4, -0.2) is 38.8 Å². The van der Waals surface area contributed by atoms with E-state index in [0.717, 1.165) is 6.07 Å². The van der Waals surface area contributed by atoms with Gasteiger partial charge in [0.1, 0.15) is 0 Å². The Morgan fingerprint density at radius 3 is 2.48 bits per heavy atom. The molecule has 1 aliphatic rings. The predicted octanol–water partition coefficient (Wildman–Crippen LogP) is 0.712. The van der Waals surface area contributed by atoms with Gasteiger partial charge in [-0.2, -0.15) is 13.2 Å². The minimum atomic E-state index is -5.21. The van der Waals surface area contributed by atoms with E-state index in [-0.39, 0.29) is 16.9 Å². The van der Waals surface area contributed by atoms with Crippen molar-refractivity contribution in [3.8, 4) is 0 Å². The molecular formula is C16H17F3N4O4.